The molecule has 0 saturated carbocycles. The summed E-state index contributed by atoms with van der Waals surface area (Å²) < 4.78 is 0. The van der Waals surface area contributed by atoms with Crippen LogP contribution in [0.4, 0.5) is 5.69 Å². The summed E-state index contributed by atoms with van der Waals surface area (Å²) in [6.45, 7) is 2.00. The molecule has 8 nitrogen and oxygen atoms in total. The maximum absolute atomic E-state index is 5.59. The molecular weight excluding hydrogens is 256 g/mol. The molecule has 0 spiro atoms. The Labute approximate surface area is 115 Å². The number of hydrogen-bond donors (Lipinski definition) is 4. The highest BCUT2D eigenvalue weighted by atomic mass is 15.2. The summed E-state index contributed by atoms with van der Waals surface area (Å²) in [6, 6.07) is 7.31. The van der Waals surface area contributed by atoms with Crippen LogP contribution in [-0.4, -0.2) is 27.1 Å². The maximum Gasteiger partial charge on any atom is 0.223 e. The van der Waals surface area contributed by atoms with Crippen molar-refractivity contribution in [2.24, 2.45) is 27.2 Å². The summed E-state index contributed by atoms with van der Waals surface area (Å²) in [4.78, 5) is 12.1. The molecule has 1 aromatic carbocycles. The van der Waals surface area contributed by atoms with Crippen molar-refractivity contribution >= 4 is 17.6 Å². The molecule has 2 rings (SSSR count). The minimum atomic E-state index is -0.135. The van der Waals surface area contributed by atoms with Crippen LogP contribution in [0.1, 0.15) is 12.7 Å². The molecule has 0 aliphatic heterocycles. The summed E-state index contributed by atoms with van der Waals surface area (Å²) in [5, 5.41) is 7.01. The molecule has 0 amide bonds. The molecule has 1 heterocycles. The number of aliphatic imine (C=N–C) groups is 2. The zero-order chi connectivity index (χ0) is 14.5. The van der Waals surface area contributed by atoms with Gasteiger partial charge in [0, 0.05) is 12.0 Å². The summed E-state index contributed by atoms with van der Waals surface area (Å²) >= 11 is 0. The smallest absolute Gasteiger partial charge is 0.223 e. The van der Waals surface area contributed by atoms with Gasteiger partial charge in [-0.25, -0.2) is 9.98 Å². The van der Waals surface area contributed by atoms with Crippen LogP contribution in [0.25, 0.3) is 11.4 Å². The SMILES string of the molecule is CCc1nc(-c2cccc(N=C(N)N=C(N)N)c2)n[nH]1. The normalized spacial score (nSPS) is 11.3. The third kappa shape index (κ3) is 3.31. The van der Waals surface area contributed by atoms with Crippen LogP contribution in [-0.2, 0) is 6.42 Å². The Morgan fingerprint density at radius 2 is 2.10 bits per heavy atom. The average molecular weight is 272 g/mol. The number of aryl methyl sites for hydroxylation is 1. The van der Waals surface area contributed by atoms with Gasteiger partial charge in [0.2, 0.25) is 5.96 Å². The van der Waals surface area contributed by atoms with E-state index in [4.69, 9.17) is 17.2 Å². The Morgan fingerprint density at radius 1 is 1.30 bits per heavy atom. The first kappa shape index (κ1) is 13.5. The van der Waals surface area contributed by atoms with Gasteiger partial charge in [0.25, 0.3) is 0 Å². The van der Waals surface area contributed by atoms with E-state index in [0.29, 0.717) is 11.5 Å². The standard InChI is InChI=1S/C12H16N8/c1-2-9-17-10(20-19-9)7-4-3-5-8(6-7)16-12(15)18-11(13)14/h3-6H,2H2,1H3,(H,17,19,20)(H6,13,14,15,16,18). The van der Waals surface area contributed by atoms with Crippen LogP contribution in [0.15, 0.2) is 34.3 Å². The van der Waals surface area contributed by atoms with Crippen molar-refractivity contribution < 1.29 is 0 Å². The van der Waals surface area contributed by atoms with Gasteiger partial charge < -0.3 is 17.2 Å². The van der Waals surface area contributed by atoms with Gasteiger partial charge in [-0.05, 0) is 12.1 Å². The molecule has 20 heavy (non-hydrogen) atoms. The number of hydrogen-bond acceptors (Lipinski definition) is 3. The first-order chi connectivity index (χ1) is 9.58. The highest BCUT2D eigenvalue weighted by Crippen LogP contribution is 2.21. The zero-order valence-corrected chi connectivity index (χ0v) is 11.0. The van der Waals surface area contributed by atoms with Crippen LogP contribution in [0.3, 0.4) is 0 Å². The number of aromatic nitrogens is 3. The lowest BCUT2D eigenvalue weighted by molar-refractivity contribution is 0.946. The molecule has 0 atom stereocenters. The summed E-state index contributed by atoms with van der Waals surface area (Å²) in [5.41, 5.74) is 17.5. The van der Waals surface area contributed by atoms with Gasteiger partial charge in [0.1, 0.15) is 5.82 Å². The Kier molecular flexibility index (Phi) is 3.94. The molecule has 0 aliphatic rings. The van der Waals surface area contributed by atoms with Crippen LogP contribution in [0, 0.1) is 0 Å². The van der Waals surface area contributed by atoms with Gasteiger partial charge in [-0.15, -0.1) is 0 Å². The summed E-state index contributed by atoms with van der Waals surface area (Å²) in [5.74, 6) is 1.29. The van der Waals surface area contributed by atoms with Gasteiger partial charge in [-0.3, -0.25) is 5.10 Å². The number of nitrogens with two attached hydrogens (primary N) is 3. The van der Waals surface area contributed by atoms with E-state index >= 15 is 0 Å². The van der Waals surface area contributed by atoms with E-state index in [9.17, 15) is 0 Å². The molecule has 1 aromatic heterocycles. The van der Waals surface area contributed by atoms with Crippen LogP contribution < -0.4 is 17.2 Å². The fraction of sp³-hybridized carbons (Fsp3) is 0.167. The van der Waals surface area contributed by atoms with Gasteiger partial charge in [-0.2, -0.15) is 10.1 Å². The third-order valence-electron chi connectivity index (χ3n) is 2.46. The number of guanidine groups is 2. The third-order valence-corrected chi connectivity index (χ3v) is 2.46. The number of rotatable bonds is 3. The van der Waals surface area contributed by atoms with E-state index in [1.807, 2.05) is 19.1 Å². The topological polar surface area (TPSA) is 144 Å². The fourth-order valence-electron chi connectivity index (χ4n) is 1.59. The van der Waals surface area contributed by atoms with Crippen molar-refractivity contribution in [3.05, 3.63) is 30.1 Å². The van der Waals surface area contributed by atoms with E-state index in [1.165, 1.54) is 0 Å². The second kappa shape index (κ2) is 5.83. The van der Waals surface area contributed by atoms with Gasteiger partial charge >= 0.3 is 0 Å². The molecule has 7 N–H and O–H groups in total. The molecule has 0 aliphatic carbocycles. The summed E-state index contributed by atoms with van der Waals surface area (Å²) in [7, 11) is 0. The molecule has 0 fully saturated rings. The number of nitrogens with zero attached hydrogens (tertiary/aromatic N) is 4. The number of aromatic amines is 1. The van der Waals surface area contributed by atoms with E-state index in [-0.39, 0.29) is 11.9 Å². The predicted molar refractivity (Wildman–Crippen MR) is 78.3 cm³/mol. The Balaban J connectivity index is 2.30. The molecule has 0 radical (unpaired) electrons. The molecule has 0 bridgehead atoms. The Bertz CT molecular complexity index is 651. The van der Waals surface area contributed by atoms with Crippen LogP contribution in [0.2, 0.25) is 0 Å². The van der Waals surface area contributed by atoms with E-state index in [1.54, 1.807) is 12.1 Å². The molecular formula is C12H16N8. The molecule has 104 valence electrons. The van der Waals surface area contributed by atoms with Crippen molar-refractivity contribution in [2.75, 3.05) is 0 Å². The Morgan fingerprint density at radius 3 is 2.75 bits per heavy atom. The molecule has 0 unspecified atom stereocenters. The minimum absolute atomic E-state index is 0.00798. The Hall–Kier alpha value is -2.90. The van der Waals surface area contributed by atoms with Crippen molar-refractivity contribution in [1.82, 2.24) is 15.2 Å². The first-order valence-electron chi connectivity index (χ1n) is 6.04. The van der Waals surface area contributed by atoms with Crippen LogP contribution in [0.5, 0.6) is 0 Å². The van der Waals surface area contributed by atoms with Gasteiger partial charge in [-0.1, -0.05) is 19.1 Å². The van der Waals surface area contributed by atoms with E-state index < -0.39 is 0 Å². The fourth-order valence-corrected chi connectivity index (χ4v) is 1.59. The average Bonchev–Trinajstić information content (AvgIpc) is 2.86. The number of benzene rings is 1. The highest BCUT2D eigenvalue weighted by Gasteiger charge is 2.05. The van der Waals surface area contributed by atoms with Crippen molar-refractivity contribution in [2.45, 2.75) is 13.3 Å². The van der Waals surface area contributed by atoms with Crippen molar-refractivity contribution in [3.63, 3.8) is 0 Å². The second-order valence-electron chi connectivity index (χ2n) is 4.02. The van der Waals surface area contributed by atoms with Crippen LogP contribution >= 0.6 is 0 Å². The zero-order valence-electron chi connectivity index (χ0n) is 11.0. The van der Waals surface area contributed by atoms with Crippen molar-refractivity contribution in [3.8, 4) is 11.4 Å². The van der Waals surface area contributed by atoms with Gasteiger partial charge in [0.05, 0.1) is 5.69 Å². The molecule has 2 aromatic rings. The lowest BCUT2D eigenvalue weighted by atomic mass is 10.2. The molecule has 0 saturated heterocycles. The molecule has 8 heteroatoms. The summed E-state index contributed by atoms with van der Waals surface area (Å²) in [6.07, 6.45) is 0.794. The quantitative estimate of drug-likeness (QED) is 0.467. The predicted octanol–water partition coefficient (Wildman–Crippen LogP) is 0.254. The maximum atomic E-state index is 5.59. The largest absolute Gasteiger partial charge is 0.370 e. The lowest BCUT2D eigenvalue weighted by Crippen LogP contribution is -2.26. The van der Waals surface area contributed by atoms with E-state index in [0.717, 1.165) is 17.8 Å². The first-order valence-corrected chi connectivity index (χ1v) is 6.04. The number of nitrogens with one attached hydrogen (secondary N) is 1. The lowest BCUT2D eigenvalue weighted by Gasteiger charge is -1.99. The highest BCUT2D eigenvalue weighted by molar-refractivity contribution is 5.93. The number of H-pyrrole nitrogens is 1. The van der Waals surface area contributed by atoms with Gasteiger partial charge in [0.15, 0.2) is 11.8 Å². The van der Waals surface area contributed by atoms with E-state index in [2.05, 4.69) is 25.2 Å². The monoisotopic (exact) mass is 272 g/mol. The minimum Gasteiger partial charge on any atom is -0.370 e. The second-order valence-corrected chi connectivity index (χ2v) is 4.02. The van der Waals surface area contributed by atoms with Crippen molar-refractivity contribution in [1.29, 1.82) is 0 Å².